The first-order valence-corrected chi connectivity index (χ1v) is 6.92. The Morgan fingerprint density at radius 1 is 1.24 bits per heavy atom. The fraction of sp³-hybridized carbons (Fsp3) is 0.235. The first-order chi connectivity index (χ1) is 10.2. The minimum atomic E-state index is -0.0591. The molecule has 0 bridgehead atoms. The summed E-state index contributed by atoms with van der Waals surface area (Å²) in [6.07, 6.45) is 1.70. The lowest BCUT2D eigenvalue weighted by molar-refractivity contribution is 0.277. The van der Waals surface area contributed by atoms with Gasteiger partial charge in [0.1, 0.15) is 11.6 Å². The van der Waals surface area contributed by atoms with Crippen LogP contribution in [0.15, 0.2) is 47.1 Å². The molecule has 0 aliphatic rings. The Morgan fingerprint density at radius 2 is 2.05 bits per heavy atom. The van der Waals surface area contributed by atoms with Crippen molar-refractivity contribution in [2.45, 2.75) is 20.1 Å². The molecule has 108 valence electrons. The lowest BCUT2D eigenvalue weighted by Gasteiger charge is -2.20. The molecule has 0 aliphatic carbocycles. The maximum absolute atomic E-state index is 9.41. The van der Waals surface area contributed by atoms with E-state index in [2.05, 4.69) is 16.0 Å². The van der Waals surface area contributed by atoms with E-state index >= 15 is 0 Å². The Bertz CT molecular complexity index is 764. The van der Waals surface area contributed by atoms with Crippen molar-refractivity contribution in [2.24, 2.45) is 0 Å². The van der Waals surface area contributed by atoms with Crippen molar-refractivity contribution in [3.05, 3.63) is 59.7 Å². The summed E-state index contributed by atoms with van der Waals surface area (Å²) in [5.74, 6) is 1.79. The van der Waals surface area contributed by atoms with Crippen molar-refractivity contribution in [1.29, 1.82) is 0 Å². The normalized spacial score (nSPS) is 11.0. The molecule has 21 heavy (non-hydrogen) atoms. The number of aliphatic hydroxyl groups is 1. The number of hydrogen-bond acceptors (Lipinski definition) is 4. The van der Waals surface area contributed by atoms with Gasteiger partial charge in [0.15, 0.2) is 0 Å². The Kier molecular flexibility index (Phi) is 3.62. The molecule has 4 heteroatoms. The van der Waals surface area contributed by atoms with Crippen molar-refractivity contribution in [2.75, 3.05) is 11.9 Å². The number of pyridine rings is 1. The molecule has 1 aromatic carbocycles. The van der Waals surface area contributed by atoms with E-state index in [1.165, 1.54) is 0 Å². The summed E-state index contributed by atoms with van der Waals surface area (Å²) in [7, 11) is 2.00. The van der Waals surface area contributed by atoms with Crippen LogP contribution in [0.4, 0.5) is 5.82 Å². The van der Waals surface area contributed by atoms with Gasteiger partial charge in [-0.05, 0) is 24.4 Å². The predicted molar refractivity (Wildman–Crippen MR) is 83.2 cm³/mol. The van der Waals surface area contributed by atoms with Crippen LogP contribution in [0.25, 0.3) is 10.8 Å². The van der Waals surface area contributed by atoms with Gasteiger partial charge in [0.05, 0.1) is 18.6 Å². The average molecular weight is 282 g/mol. The standard InChI is InChI=1S/C17H18N2O2/c1-12-14(7-8-21-12)10-19(2)17-16-6-4-3-5-13(16)9-15(11-20)18-17/h3-9,20H,10-11H2,1-2H3. The number of fused-ring (bicyclic) bond motifs is 1. The first-order valence-electron chi connectivity index (χ1n) is 6.92. The number of hydrogen-bond donors (Lipinski definition) is 1. The summed E-state index contributed by atoms with van der Waals surface area (Å²) < 4.78 is 5.35. The molecular weight excluding hydrogens is 264 g/mol. The summed E-state index contributed by atoms with van der Waals surface area (Å²) in [6.45, 7) is 2.61. The highest BCUT2D eigenvalue weighted by Gasteiger charge is 2.12. The molecule has 2 heterocycles. The van der Waals surface area contributed by atoms with E-state index in [1.807, 2.05) is 44.3 Å². The Hall–Kier alpha value is -2.33. The van der Waals surface area contributed by atoms with Gasteiger partial charge < -0.3 is 14.4 Å². The quantitative estimate of drug-likeness (QED) is 0.798. The number of aromatic nitrogens is 1. The number of aliphatic hydroxyl groups excluding tert-OH is 1. The van der Waals surface area contributed by atoms with Crippen LogP contribution in [0.2, 0.25) is 0 Å². The molecule has 0 spiro atoms. The number of nitrogens with zero attached hydrogens (tertiary/aromatic N) is 2. The van der Waals surface area contributed by atoms with E-state index in [4.69, 9.17) is 4.42 Å². The number of benzene rings is 1. The Labute approximate surface area is 123 Å². The number of rotatable bonds is 4. The molecule has 2 aromatic heterocycles. The highest BCUT2D eigenvalue weighted by atomic mass is 16.3. The van der Waals surface area contributed by atoms with Crippen LogP contribution in [0.3, 0.4) is 0 Å². The molecule has 4 nitrogen and oxygen atoms in total. The van der Waals surface area contributed by atoms with Crippen LogP contribution in [0.5, 0.6) is 0 Å². The predicted octanol–water partition coefficient (Wildman–Crippen LogP) is 3.26. The minimum absolute atomic E-state index is 0.0591. The van der Waals surface area contributed by atoms with Gasteiger partial charge in [-0.25, -0.2) is 4.98 Å². The van der Waals surface area contributed by atoms with Gasteiger partial charge in [-0.2, -0.15) is 0 Å². The molecule has 0 saturated heterocycles. The van der Waals surface area contributed by atoms with Crippen LogP contribution >= 0.6 is 0 Å². The summed E-state index contributed by atoms with van der Waals surface area (Å²) >= 11 is 0. The summed E-state index contributed by atoms with van der Waals surface area (Å²) in [4.78, 5) is 6.66. The second-order valence-electron chi connectivity index (χ2n) is 5.17. The Balaban J connectivity index is 2.04. The monoisotopic (exact) mass is 282 g/mol. The zero-order valence-corrected chi connectivity index (χ0v) is 12.2. The van der Waals surface area contributed by atoms with Gasteiger partial charge in [-0.3, -0.25) is 0 Å². The molecule has 0 atom stereocenters. The van der Waals surface area contributed by atoms with Crippen molar-refractivity contribution in [3.8, 4) is 0 Å². The SMILES string of the molecule is Cc1occc1CN(C)c1nc(CO)cc2ccccc12. The van der Waals surface area contributed by atoms with Gasteiger partial charge in [-0.15, -0.1) is 0 Å². The number of furan rings is 1. The van der Waals surface area contributed by atoms with Crippen molar-refractivity contribution in [3.63, 3.8) is 0 Å². The van der Waals surface area contributed by atoms with Crippen LogP contribution in [0, 0.1) is 6.92 Å². The van der Waals surface area contributed by atoms with Gasteiger partial charge in [-0.1, -0.05) is 24.3 Å². The van der Waals surface area contributed by atoms with E-state index < -0.39 is 0 Å². The summed E-state index contributed by atoms with van der Waals surface area (Å²) in [5.41, 5.74) is 1.82. The highest BCUT2D eigenvalue weighted by Crippen LogP contribution is 2.26. The lowest BCUT2D eigenvalue weighted by Crippen LogP contribution is -2.18. The van der Waals surface area contributed by atoms with Crippen LogP contribution in [-0.2, 0) is 13.2 Å². The second-order valence-corrected chi connectivity index (χ2v) is 5.17. The fourth-order valence-electron chi connectivity index (χ4n) is 2.51. The van der Waals surface area contributed by atoms with E-state index in [-0.39, 0.29) is 6.61 Å². The summed E-state index contributed by atoms with van der Waals surface area (Å²) in [6, 6.07) is 12.0. The molecule has 0 radical (unpaired) electrons. The van der Waals surface area contributed by atoms with Gasteiger partial charge in [0, 0.05) is 24.5 Å². The second kappa shape index (κ2) is 5.58. The van der Waals surface area contributed by atoms with Gasteiger partial charge in [0.2, 0.25) is 0 Å². The summed E-state index contributed by atoms with van der Waals surface area (Å²) in [5, 5.41) is 11.6. The van der Waals surface area contributed by atoms with Crippen molar-refractivity contribution >= 4 is 16.6 Å². The average Bonchev–Trinajstić information content (AvgIpc) is 2.91. The van der Waals surface area contributed by atoms with Crippen LogP contribution in [0.1, 0.15) is 17.0 Å². The maximum atomic E-state index is 9.41. The van der Waals surface area contributed by atoms with Crippen LogP contribution in [-0.4, -0.2) is 17.1 Å². The third-order valence-corrected chi connectivity index (χ3v) is 3.67. The lowest BCUT2D eigenvalue weighted by atomic mass is 10.1. The zero-order chi connectivity index (χ0) is 14.8. The minimum Gasteiger partial charge on any atom is -0.469 e. The maximum Gasteiger partial charge on any atom is 0.136 e. The number of anilines is 1. The van der Waals surface area contributed by atoms with Gasteiger partial charge >= 0.3 is 0 Å². The zero-order valence-electron chi connectivity index (χ0n) is 12.2. The molecule has 1 N–H and O–H groups in total. The van der Waals surface area contributed by atoms with E-state index in [0.29, 0.717) is 12.2 Å². The molecule has 0 saturated carbocycles. The van der Waals surface area contributed by atoms with Crippen molar-refractivity contribution in [1.82, 2.24) is 4.98 Å². The molecule has 0 unspecified atom stereocenters. The van der Waals surface area contributed by atoms with E-state index in [0.717, 1.165) is 27.9 Å². The molecule has 0 fully saturated rings. The molecule has 0 aliphatic heterocycles. The molecule has 3 rings (SSSR count). The number of aryl methyl sites for hydroxylation is 1. The Morgan fingerprint density at radius 3 is 2.76 bits per heavy atom. The van der Waals surface area contributed by atoms with Gasteiger partial charge in [0.25, 0.3) is 0 Å². The fourth-order valence-corrected chi connectivity index (χ4v) is 2.51. The van der Waals surface area contributed by atoms with E-state index in [1.54, 1.807) is 6.26 Å². The topological polar surface area (TPSA) is 49.5 Å². The van der Waals surface area contributed by atoms with Crippen LogP contribution < -0.4 is 4.90 Å². The smallest absolute Gasteiger partial charge is 0.136 e. The first kappa shape index (κ1) is 13.6. The highest BCUT2D eigenvalue weighted by molar-refractivity contribution is 5.92. The largest absolute Gasteiger partial charge is 0.469 e. The molecule has 3 aromatic rings. The molecular formula is C17H18N2O2. The molecule has 0 amide bonds. The van der Waals surface area contributed by atoms with Crippen molar-refractivity contribution < 1.29 is 9.52 Å². The third kappa shape index (κ3) is 2.62. The van der Waals surface area contributed by atoms with E-state index in [9.17, 15) is 5.11 Å². The third-order valence-electron chi connectivity index (χ3n) is 3.67.